The van der Waals surface area contributed by atoms with Gasteiger partial charge in [0.05, 0.1) is 19.3 Å². The summed E-state index contributed by atoms with van der Waals surface area (Å²) in [5, 5.41) is 0. The Hall–Kier alpha value is -1.55. The Balaban J connectivity index is 2.76. The molecule has 0 aromatic heterocycles. The second-order valence-corrected chi connectivity index (χ2v) is 2.86. The molecule has 0 saturated heterocycles. The summed E-state index contributed by atoms with van der Waals surface area (Å²) in [4.78, 5) is 10.7. The van der Waals surface area contributed by atoms with Crippen molar-refractivity contribution in [1.82, 2.24) is 0 Å². The maximum atomic E-state index is 10.7. The van der Waals surface area contributed by atoms with Gasteiger partial charge in [0.15, 0.2) is 6.29 Å². The molecule has 0 atom stereocenters. The van der Waals surface area contributed by atoms with Gasteiger partial charge >= 0.3 is 0 Å². The standard InChI is InChI=1S/C11H14O4/c1-13-5-6-15-11-7-10(14-2)4-3-9(11)8-12/h3-4,7-8H,5-6H2,1-2H3. The summed E-state index contributed by atoms with van der Waals surface area (Å²) in [6.07, 6.45) is 0.752. The van der Waals surface area contributed by atoms with Crippen LogP contribution in [0.2, 0.25) is 0 Å². The van der Waals surface area contributed by atoms with E-state index in [-0.39, 0.29) is 0 Å². The van der Waals surface area contributed by atoms with E-state index in [0.29, 0.717) is 30.3 Å². The number of benzene rings is 1. The zero-order valence-electron chi connectivity index (χ0n) is 8.86. The summed E-state index contributed by atoms with van der Waals surface area (Å²) < 4.78 is 15.3. The van der Waals surface area contributed by atoms with E-state index in [9.17, 15) is 4.79 Å². The molecule has 0 amide bonds. The van der Waals surface area contributed by atoms with Crippen LogP contribution in [0.4, 0.5) is 0 Å². The Labute approximate surface area is 88.8 Å². The zero-order valence-corrected chi connectivity index (χ0v) is 8.86. The maximum Gasteiger partial charge on any atom is 0.153 e. The van der Waals surface area contributed by atoms with Crippen molar-refractivity contribution in [2.75, 3.05) is 27.4 Å². The number of ether oxygens (including phenoxy) is 3. The molecule has 0 bridgehead atoms. The van der Waals surface area contributed by atoms with Crippen LogP contribution >= 0.6 is 0 Å². The maximum absolute atomic E-state index is 10.7. The first kappa shape index (κ1) is 11.5. The number of carbonyl (C=O) groups is 1. The van der Waals surface area contributed by atoms with Crippen LogP contribution in [0.1, 0.15) is 10.4 Å². The molecule has 0 aliphatic heterocycles. The van der Waals surface area contributed by atoms with Crippen molar-refractivity contribution >= 4 is 6.29 Å². The third kappa shape index (κ3) is 3.25. The van der Waals surface area contributed by atoms with Crippen molar-refractivity contribution in [2.45, 2.75) is 0 Å². The normalized spacial score (nSPS) is 9.73. The Morgan fingerprint density at radius 1 is 1.27 bits per heavy atom. The minimum Gasteiger partial charge on any atom is -0.497 e. The molecule has 0 unspecified atom stereocenters. The Morgan fingerprint density at radius 2 is 2.07 bits per heavy atom. The van der Waals surface area contributed by atoms with Gasteiger partial charge in [-0.1, -0.05) is 0 Å². The van der Waals surface area contributed by atoms with Crippen molar-refractivity contribution in [3.05, 3.63) is 23.8 Å². The molecule has 1 aromatic rings. The van der Waals surface area contributed by atoms with Crippen molar-refractivity contribution in [2.24, 2.45) is 0 Å². The van der Waals surface area contributed by atoms with Crippen molar-refractivity contribution in [3.63, 3.8) is 0 Å². The molecule has 0 saturated carbocycles. The fourth-order valence-corrected chi connectivity index (χ4v) is 1.10. The third-order valence-corrected chi connectivity index (χ3v) is 1.89. The molecular weight excluding hydrogens is 196 g/mol. The zero-order chi connectivity index (χ0) is 11.1. The second-order valence-electron chi connectivity index (χ2n) is 2.86. The smallest absolute Gasteiger partial charge is 0.153 e. The van der Waals surface area contributed by atoms with Gasteiger partial charge in [-0.25, -0.2) is 0 Å². The molecule has 0 spiro atoms. The van der Waals surface area contributed by atoms with Gasteiger partial charge in [-0.15, -0.1) is 0 Å². The summed E-state index contributed by atoms with van der Waals surface area (Å²) in [7, 11) is 3.16. The molecule has 4 heteroatoms. The summed E-state index contributed by atoms with van der Waals surface area (Å²) in [6.45, 7) is 0.889. The van der Waals surface area contributed by atoms with Gasteiger partial charge < -0.3 is 14.2 Å². The Kier molecular flexibility index (Phi) is 4.63. The minimum absolute atomic E-state index is 0.407. The number of hydrogen-bond donors (Lipinski definition) is 0. The van der Waals surface area contributed by atoms with Gasteiger partial charge in [0.1, 0.15) is 18.1 Å². The van der Waals surface area contributed by atoms with Gasteiger partial charge in [-0.2, -0.15) is 0 Å². The predicted octanol–water partition coefficient (Wildman–Crippen LogP) is 1.53. The lowest BCUT2D eigenvalue weighted by Crippen LogP contribution is -2.05. The highest BCUT2D eigenvalue weighted by Crippen LogP contribution is 2.23. The summed E-state index contributed by atoms with van der Waals surface area (Å²) >= 11 is 0. The van der Waals surface area contributed by atoms with E-state index < -0.39 is 0 Å². The fourth-order valence-electron chi connectivity index (χ4n) is 1.10. The van der Waals surface area contributed by atoms with Gasteiger partial charge in [-0.3, -0.25) is 4.79 Å². The van der Waals surface area contributed by atoms with E-state index in [1.807, 2.05) is 0 Å². The van der Waals surface area contributed by atoms with Gasteiger partial charge in [0.25, 0.3) is 0 Å². The molecule has 1 aromatic carbocycles. The van der Waals surface area contributed by atoms with E-state index >= 15 is 0 Å². The molecule has 0 aliphatic rings. The SMILES string of the molecule is COCCOc1cc(OC)ccc1C=O. The highest BCUT2D eigenvalue weighted by Gasteiger charge is 2.04. The van der Waals surface area contributed by atoms with E-state index in [1.54, 1.807) is 32.4 Å². The highest BCUT2D eigenvalue weighted by atomic mass is 16.5. The van der Waals surface area contributed by atoms with E-state index in [4.69, 9.17) is 14.2 Å². The number of rotatable bonds is 6. The lowest BCUT2D eigenvalue weighted by atomic mass is 10.2. The minimum atomic E-state index is 0.407. The topological polar surface area (TPSA) is 44.8 Å². The first-order chi connectivity index (χ1) is 7.31. The summed E-state index contributed by atoms with van der Waals surface area (Å²) in [5.41, 5.74) is 0.506. The molecule has 0 radical (unpaired) electrons. The van der Waals surface area contributed by atoms with Crippen LogP contribution in [-0.2, 0) is 4.74 Å². The third-order valence-electron chi connectivity index (χ3n) is 1.89. The average molecular weight is 210 g/mol. The average Bonchev–Trinajstić information content (AvgIpc) is 2.29. The molecule has 0 heterocycles. The van der Waals surface area contributed by atoms with Crippen LogP contribution in [0.15, 0.2) is 18.2 Å². The lowest BCUT2D eigenvalue weighted by Gasteiger charge is -2.09. The van der Waals surface area contributed by atoms with Gasteiger partial charge in [-0.05, 0) is 12.1 Å². The van der Waals surface area contributed by atoms with Gasteiger partial charge in [0, 0.05) is 13.2 Å². The second kappa shape index (κ2) is 6.03. The Morgan fingerprint density at radius 3 is 2.67 bits per heavy atom. The molecule has 82 valence electrons. The van der Waals surface area contributed by atoms with Crippen molar-refractivity contribution in [3.8, 4) is 11.5 Å². The van der Waals surface area contributed by atoms with Crippen LogP contribution in [0.3, 0.4) is 0 Å². The molecule has 0 N–H and O–H groups in total. The highest BCUT2D eigenvalue weighted by molar-refractivity contribution is 5.79. The van der Waals surface area contributed by atoms with Crippen LogP contribution in [0.5, 0.6) is 11.5 Å². The first-order valence-corrected chi connectivity index (χ1v) is 4.56. The predicted molar refractivity (Wildman–Crippen MR) is 55.8 cm³/mol. The monoisotopic (exact) mass is 210 g/mol. The van der Waals surface area contributed by atoms with Crippen LogP contribution < -0.4 is 9.47 Å². The lowest BCUT2D eigenvalue weighted by molar-refractivity contribution is 0.111. The van der Waals surface area contributed by atoms with E-state index in [1.165, 1.54) is 0 Å². The van der Waals surface area contributed by atoms with Gasteiger partial charge in [0.2, 0.25) is 0 Å². The van der Waals surface area contributed by atoms with E-state index in [2.05, 4.69) is 0 Å². The van der Waals surface area contributed by atoms with E-state index in [0.717, 1.165) is 6.29 Å². The quantitative estimate of drug-likeness (QED) is 0.527. The molecule has 0 aliphatic carbocycles. The Bertz CT molecular complexity index is 322. The van der Waals surface area contributed by atoms with Crippen LogP contribution in [0.25, 0.3) is 0 Å². The molecule has 4 nitrogen and oxygen atoms in total. The molecule has 15 heavy (non-hydrogen) atoms. The fraction of sp³-hybridized carbons (Fsp3) is 0.364. The van der Waals surface area contributed by atoms with Crippen molar-refractivity contribution in [1.29, 1.82) is 0 Å². The summed E-state index contributed by atoms with van der Waals surface area (Å²) in [5.74, 6) is 1.18. The molecular formula is C11H14O4. The summed E-state index contributed by atoms with van der Waals surface area (Å²) in [6, 6.07) is 5.06. The first-order valence-electron chi connectivity index (χ1n) is 4.56. The number of methoxy groups -OCH3 is 2. The largest absolute Gasteiger partial charge is 0.497 e. The number of hydrogen-bond acceptors (Lipinski definition) is 4. The number of aldehydes is 1. The van der Waals surface area contributed by atoms with Crippen LogP contribution in [-0.4, -0.2) is 33.7 Å². The molecule has 0 fully saturated rings. The number of carbonyl (C=O) groups excluding carboxylic acids is 1. The molecule has 1 rings (SSSR count). The van der Waals surface area contributed by atoms with Crippen molar-refractivity contribution < 1.29 is 19.0 Å². The van der Waals surface area contributed by atoms with Crippen LogP contribution in [0, 0.1) is 0 Å².